The zero-order chi connectivity index (χ0) is 18.2. The smallest absolute Gasteiger partial charge is 0.237 e. The van der Waals surface area contributed by atoms with Crippen molar-refractivity contribution in [2.45, 2.75) is 19.0 Å². The quantitative estimate of drug-likeness (QED) is 0.740. The lowest BCUT2D eigenvalue weighted by molar-refractivity contribution is -0.138. The van der Waals surface area contributed by atoms with Crippen molar-refractivity contribution in [1.29, 1.82) is 0 Å². The molecule has 1 fully saturated rings. The minimum atomic E-state index is -0.476. The first kappa shape index (κ1) is 19.2. The molecule has 1 aliphatic heterocycles. The SMILES string of the molecule is COCCN(C)C(=O)C[C@@H]1C(=O)NCCN1Cc1ccccc1OC. The van der Waals surface area contributed by atoms with E-state index in [0.29, 0.717) is 32.8 Å². The Labute approximate surface area is 148 Å². The summed E-state index contributed by atoms with van der Waals surface area (Å²) >= 11 is 0. The molecular weight excluding hydrogens is 322 g/mol. The van der Waals surface area contributed by atoms with Gasteiger partial charge in [0.15, 0.2) is 0 Å². The van der Waals surface area contributed by atoms with E-state index in [1.807, 2.05) is 29.2 Å². The molecule has 138 valence electrons. The fraction of sp³-hybridized carbons (Fsp3) is 0.556. The Bertz CT molecular complexity index is 593. The van der Waals surface area contributed by atoms with Crippen LogP contribution in [0.15, 0.2) is 24.3 Å². The summed E-state index contributed by atoms with van der Waals surface area (Å²) in [4.78, 5) is 28.4. The highest BCUT2D eigenvalue weighted by Crippen LogP contribution is 2.22. The molecule has 7 nitrogen and oxygen atoms in total. The number of rotatable bonds is 8. The zero-order valence-electron chi connectivity index (χ0n) is 15.2. The third kappa shape index (κ3) is 5.17. The molecule has 1 aromatic rings. The lowest BCUT2D eigenvalue weighted by Crippen LogP contribution is -2.56. The number of piperazine rings is 1. The Hall–Kier alpha value is -2.12. The van der Waals surface area contributed by atoms with Crippen molar-refractivity contribution in [3.8, 4) is 5.75 Å². The lowest BCUT2D eigenvalue weighted by atomic mass is 10.1. The molecule has 2 amide bonds. The molecule has 1 saturated heterocycles. The van der Waals surface area contributed by atoms with Crippen LogP contribution in [0.3, 0.4) is 0 Å². The highest BCUT2D eigenvalue weighted by atomic mass is 16.5. The van der Waals surface area contributed by atoms with Crippen LogP contribution < -0.4 is 10.1 Å². The predicted octanol–water partition coefficient (Wildman–Crippen LogP) is 0.491. The number of likely N-dealkylation sites (N-methyl/N-ethyl adjacent to an activating group) is 1. The molecule has 0 bridgehead atoms. The molecular formula is C18H27N3O4. The minimum Gasteiger partial charge on any atom is -0.496 e. The Balaban J connectivity index is 2.07. The van der Waals surface area contributed by atoms with E-state index >= 15 is 0 Å². The van der Waals surface area contributed by atoms with E-state index in [1.165, 1.54) is 0 Å². The monoisotopic (exact) mass is 349 g/mol. The number of para-hydroxylation sites is 1. The Kier molecular flexibility index (Phi) is 7.21. The van der Waals surface area contributed by atoms with Crippen LogP contribution in [0.1, 0.15) is 12.0 Å². The van der Waals surface area contributed by atoms with Crippen LogP contribution in [0.25, 0.3) is 0 Å². The van der Waals surface area contributed by atoms with Crippen LogP contribution in [0.5, 0.6) is 5.75 Å². The summed E-state index contributed by atoms with van der Waals surface area (Å²) in [6.45, 7) is 2.83. The van der Waals surface area contributed by atoms with E-state index in [1.54, 1.807) is 26.2 Å². The van der Waals surface area contributed by atoms with E-state index in [-0.39, 0.29) is 18.2 Å². The molecule has 0 spiro atoms. The van der Waals surface area contributed by atoms with Crippen molar-refractivity contribution in [2.75, 3.05) is 47.5 Å². The number of benzene rings is 1. The molecule has 0 saturated carbocycles. The van der Waals surface area contributed by atoms with Gasteiger partial charge in [0.25, 0.3) is 0 Å². The number of carbonyl (C=O) groups excluding carboxylic acids is 2. The summed E-state index contributed by atoms with van der Waals surface area (Å²) in [6.07, 6.45) is 0.154. The highest BCUT2D eigenvalue weighted by molar-refractivity contribution is 5.88. The standard InChI is InChI=1S/C18H27N3O4/c1-20(10-11-24-2)17(22)12-15-18(23)19-8-9-21(15)13-14-6-4-5-7-16(14)25-3/h4-7,15H,8-13H2,1-3H3,(H,19,23)/t15-/m1/s1. The summed E-state index contributed by atoms with van der Waals surface area (Å²) in [5, 5.41) is 2.86. The van der Waals surface area contributed by atoms with Gasteiger partial charge in [0.2, 0.25) is 11.8 Å². The molecule has 0 aliphatic carbocycles. The van der Waals surface area contributed by atoms with E-state index in [9.17, 15) is 9.59 Å². The van der Waals surface area contributed by atoms with Gasteiger partial charge in [-0.2, -0.15) is 0 Å². The maximum atomic E-state index is 12.4. The highest BCUT2D eigenvalue weighted by Gasteiger charge is 2.32. The van der Waals surface area contributed by atoms with Gasteiger partial charge >= 0.3 is 0 Å². The van der Waals surface area contributed by atoms with E-state index in [4.69, 9.17) is 9.47 Å². The van der Waals surface area contributed by atoms with E-state index in [2.05, 4.69) is 5.32 Å². The first-order chi connectivity index (χ1) is 12.1. The van der Waals surface area contributed by atoms with Crippen LogP contribution in [-0.2, 0) is 20.9 Å². The minimum absolute atomic E-state index is 0.0656. The second kappa shape index (κ2) is 9.39. The van der Waals surface area contributed by atoms with Crippen molar-refractivity contribution in [2.24, 2.45) is 0 Å². The van der Waals surface area contributed by atoms with Gasteiger partial charge in [-0.25, -0.2) is 0 Å². The molecule has 1 aliphatic rings. The first-order valence-electron chi connectivity index (χ1n) is 8.43. The molecule has 1 heterocycles. The van der Waals surface area contributed by atoms with Gasteiger partial charge in [0.1, 0.15) is 5.75 Å². The second-order valence-electron chi connectivity index (χ2n) is 6.10. The largest absolute Gasteiger partial charge is 0.496 e. The summed E-state index contributed by atoms with van der Waals surface area (Å²) in [5.74, 6) is 0.620. The molecule has 1 N–H and O–H groups in total. The molecule has 7 heteroatoms. The number of nitrogens with one attached hydrogen (secondary N) is 1. The Morgan fingerprint density at radius 2 is 2.12 bits per heavy atom. The van der Waals surface area contributed by atoms with Gasteiger partial charge < -0.3 is 19.7 Å². The number of hydrogen-bond acceptors (Lipinski definition) is 5. The van der Waals surface area contributed by atoms with Crippen molar-refractivity contribution < 1.29 is 19.1 Å². The maximum absolute atomic E-state index is 12.4. The van der Waals surface area contributed by atoms with Gasteiger partial charge in [-0.3, -0.25) is 14.5 Å². The Morgan fingerprint density at radius 1 is 1.36 bits per heavy atom. The lowest BCUT2D eigenvalue weighted by Gasteiger charge is -2.35. The average molecular weight is 349 g/mol. The van der Waals surface area contributed by atoms with Crippen molar-refractivity contribution in [3.63, 3.8) is 0 Å². The molecule has 0 unspecified atom stereocenters. The van der Waals surface area contributed by atoms with Crippen molar-refractivity contribution in [3.05, 3.63) is 29.8 Å². The van der Waals surface area contributed by atoms with Gasteiger partial charge in [-0.05, 0) is 6.07 Å². The zero-order valence-corrected chi connectivity index (χ0v) is 15.2. The topological polar surface area (TPSA) is 71.1 Å². The fourth-order valence-electron chi connectivity index (χ4n) is 2.90. The Morgan fingerprint density at radius 3 is 2.84 bits per heavy atom. The molecule has 1 aromatic carbocycles. The molecule has 1 atom stereocenters. The fourth-order valence-corrected chi connectivity index (χ4v) is 2.90. The van der Waals surface area contributed by atoms with Gasteiger partial charge in [0.05, 0.1) is 26.2 Å². The number of nitrogens with zero attached hydrogens (tertiary/aromatic N) is 2. The predicted molar refractivity (Wildman–Crippen MR) is 94.3 cm³/mol. The summed E-state index contributed by atoms with van der Waals surface area (Å²) in [5.41, 5.74) is 1.00. The van der Waals surface area contributed by atoms with Crippen LogP contribution in [0.2, 0.25) is 0 Å². The normalized spacial score (nSPS) is 17.9. The van der Waals surface area contributed by atoms with Crippen LogP contribution in [0, 0.1) is 0 Å². The van der Waals surface area contributed by atoms with Crippen LogP contribution in [-0.4, -0.2) is 75.2 Å². The number of methoxy groups -OCH3 is 2. The molecule has 2 rings (SSSR count). The van der Waals surface area contributed by atoms with Gasteiger partial charge in [-0.1, -0.05) is 18.2 Å². The molecule has 0 radical (unpaired) electrons. The third-order valence-corrected chi connectivity index (χ3v) is 4.43. The average Bonchev–Trinajstić information content (AvgIpc) is 2.62. The van der Waals surface area contributed by atoms with E-state index < -0.39 is 6.04 Å². The van der Waals surface area contributed by atoms with Crippen molar-refractivity contribution >= 4 is 11.8 Å². The number of carbonyl (C=O) groups is 2. The van der Waals surface area contributed by atoms with Gasteiger partial charge in [0, 0.05) is 45.9 Å². The number of ether oxygens (including phenoxy) is 2. The maximum Gasteiger partial charge on any atom is 0.237 e. The number of amides is 2. The summed E-state index contributed by atoms with van der Waals surface area (Å²) < 4.78 is 10.4. The van der Waals surface area contributed by atoms with Gasteiger partial charge in [-0.15, -0.1) is 0 Å². The van der Waals surface area contributed by atoms with Crippen LogP contribution >= 0.6 is 0 Å². The second-order valence-corrected chi connectivity index (χ2v) is 6.10. The third-order valence-electron chi connectivity index (χ3n) is 4.43. The number of hydrogen-bond donors (Lipinski definition) is 1. The van der Waals surface area contributed by atoms with E-state index in [0.717, 1.165) is 11.3 Å². The summed E-state index contributed by atoms with van der Waals surface area (Å²) in [6, 6.07) is 7.26. The van der Waals surface area contributed by atoms with Crippen molar-refractivity contribution in [1.82, 2.24) is 15.1 Å². The van der Waals surface area contributed by atoms with Crippen LogP contribution in [0.4, 0.5) is 0 Å². The first-order valence-corrected chi connectivity index (χ1v) is 8.43. The summed E-state index contributed by atoms with van der Waals surface area (Å²) in [7, 11) is 4.96. The molecule has 0 aromatic heterocycles. The molecule has 25 heavy (non-hydrogen) atoms.